The summed E-state index contributed by atoms with van der Waals surface area (Å²) >= 11 is 10.3. The number of thioether (sulfide) groups is 1. The van der Waals surface area contributed by atoms with Gasteiger partial charge in [0.2, 0.25) is 5.88 Å². The van der Waals surface area contributed by atoms with Crippen LogP contribution in [0.4, 0.5) is 0 Å². The van der Waals surface area contributed by atoms with Gasteiger partial charge in [-0.05, 0) is 53.6 Å². The maximum absolute atomic E-state index is 13.3. The first kappa shape index (κ1) is 28.5. The predicted molar refractivity (Wildman–Crippen MR) is 162 cm³/mol. The van der Waals surface area contributed by atoms with Gasteiger partial charge in [-0.1, -0.05) is 47.6 Å². The van der Waals surface area contributed by atoms with Crippen LogP contribution >= 0.6 is 46.0 Å². The molecule has 4 heterocycles. The van der Waals surface area contributed by atoms with E-state index in [-0.39, 0.29) is 35.1 Å². The monoisotopic (exact) mass is 616 g/mol. The lowest BCUT2D eigenvalue weighted by molar-refractivity contribution is -0.139. The molecule has 41 heavy (non-hydrogen) atoms. The molecular weight excluding hydrogens is 596 g/mol. The van der Waals surface area contributed by atoms with Crippen LogP contribution < -0.4 is 5.73 Å². The second-order valence-corrected chi connectivity index (χ2v) is 11.9. The van der Waals surface area contributed by atoms with Gasteiger partial charge in [0.25, 0.3) is 0 Å². The first-order valence-corrected chi connectivity index (χ1v) is 15.5. The lowest BCUT2D eigenvalue weighted by Gasteiger charge is -2.27. The molecule has 3 aromatic heterocycles. The number of aromatic nitrogens is 1. The second-order valence-electron chi connectivity index (χ2n) is 8.62. The quantitative estimate of drug-likeness (QED) is 0.160. The molecule has 0 amide bonds. The van der Waals surface area contributed by atoms with Crippen molar-refractivity contribution >= 4 is 52.0 Å². The number of nitrogens with two attached hydrogens (primary N) is 1. The van der Waals surface area contributed by atoms with Crippen LogP contribution in [-0.2, 0) is 14.3 Å². The van der Waals surface area contributed by atoms with E-state index in [1.54, 1.807) is 19.1 Å². The summed E-state index contributed by atoms with van der Waals surface area (Å²) in [5.41, 5.74) is 9.16. The summed E-state index contributed by atoms with van der Waals surface area (Å²) in [6, 6.07) is 21.2. The van der Waals surface area contributed by atoms with E-state index >= 15 is 0 Å². The summed E-state index contributed by atoms with van der Waals surface area (Å²) in [5, 5.41) is 25.0. The highest BCUT2D eigenvalue weighted by Gasteiger charge is 2.38. The van der Waals surface area contributed by atoms with E-state index in [1.807, 2.05) is 53.2 Å². The van der Waals surface area contributed by atoms with Gasteiger partial charge < -0.3 is 15.2 Å². The van der Waals surface area contributed by atoms with E-state index in [0.29, 0.717) is 26.9 Å². The number of rotatable bonds is 8. The zero-order valence-electron chi connectivity index (χ0n) is 21.6. The van der Waals surface area contributed by atoms with Crippen LogP contribution in [-0.4, -0.2) is 23.3 Å². The molecule has 0 radical (unpaired) electrons. The third kappa shape index (κ3) is 5.88. The molecule has 0 spiro atoms. The Balaban J connectivity index is 1.61. The molecule has 0 aliphatic carbocycles. The Morgan fingerprint density at radius 3 is 2.54 bits per heavy atom. The van der Waals surface area contributed by atoms with Crippen LogP contribution in [0.1, 0.15) is 23.3 Å². The number of hydrogen-bond donors (Lipinski definition) is 1. The topological polar surface area (TPSA) is 122 Å². The standard InChI is InChI=1S/C30H21ClN4O3S3/c1-2-37-30(36)27-23(38-28(34)21(15-33)26(27)25-6-4-12-40-25)16-41-29-20(14-32)19(17-7-9-18(31)10-8-17)13-22(35-29)24-5-3-11-39-24/h3-13,26H,2,16,34H2,1H3/t26-/m1/s1. The van der Waals surface area contributed by atoms with Crippen molar-refractivity contribution in [2.24, 2.45) is 5.73 Å². The Bertz CT molecular complexity index is 1730. The van der Waals surface area contributed by atoms with Crippen molar-refractivity contribution in [3.05, 3.63) is 104 Å². The van der Waals surface area contributed by atoms with Gasteiger partial charge in [0.15, 0.2) is 0 Å². The molecule has 1 aliphatic rings. The molecule has 0 fully saturated rings. The van der Waals surface area contributed by atoms with Crippen molar-refractivity contribution in [2.75, 3.05) is 12.4 Å². The van der Waals surface area contributed by atoms with E-state index < -0.39 is 11.9 Å². The fraction of sp³-hybridized carbons (Fsp3) is 0.133. The minimum Gasteiger partial charge on any atom is -0.463 e. The fourth-order valence-corrected chi connectivity index (χ4v) is 6.97. The van der Waals surface area contributed by atoms with Gasteiger partial charge in [-0.25, -0.2) is 9.78 Å². The molecule has 7 nitrogen and oxygen atoms in total. The van der Waals surface area contributed by atoms with Crippen LogP contribution in [0.3, 0.4) is 0 Å². The number of carbonyl (C=O) groups excluding carboxylic acids is 1. The molecular formula is C30H21ClN4O3S3. The third-order valence-corrected chi connectivity index (χ3v) is 9.24. The molecule has 11 heteroatoms. The van der Waals surface area contributed by atoms with Crippen molar-refractivity contribution in [3.63, 3.8) is 0 Å². The Morgan fingerprint density at radius 2 is 1.90 bits per heavy atom. The number of allylic oxidation sites excluding steroid dienone is 1. The molecule has 5 rings (SSSR count). The van der Waals surface area contributed by atoms with Crippen molar-refractivity contribution in [3.8, 4) is 33.8 Å². The van der Waals surface area contributed by atoms with E-state index in [4.69, 9.17) is 31.8 Å². The average Bonchev–Trinajstić information content (AvgIpc) is 3.71. The highest BCUT2D eigenvalue weighted by molar-refractivity contribution is 7.99. The fourth-order valence-electron chi connectivity index (χ4n) is 4.37. The summed E-state index contributed by atoms with van der Waals surface area (Å²) in [6.45, 7) is 1.86. The number of benzene rings is 1. The zero-order chi connectivity index (χ0) is 28.9. The highest BCUT2D eigenvalue weighted by atomic mass is 35.5. The van der Waals surface area contributed by atoms with Gasteiger partial charge in [-0.15, -0.1) is 22.7 Å². The van der Waals surface area contributed by atoms with Crippen molar-refractivity contribution < 1.29 is 14.3 Å². The predicted octanol–water partition coefficient (Wildman–Crippen LogP) is 7.48. The molecule has 4 aromatic rings. The minimum absolute atomic E-state index is 0.0720. The molecule has 1 atom stereocenters. The van der Waals surface area contributed by atoms with E-state index in [9.17, 15) is 15.3 Å². The van der Waals surface area contributed by atoms with Crippen LogP contribution in [0, 0.1) is 22.7 Å². The summed E-state index contributed by atoms with van der Waals surface area (Å²) in [5.74, 6) is -1.02. The molecule has 1 aliphatic heterocycles. The highest BCUT2D eigenvalue weighted by Crippen LogP contribution is 2.43. The number of pyridine rings is 1. The molecule has 0 saturated heterocycles. The van der Waals surface area contributed by atoms with E-state index in [0.717, 1.165) is 15.3 Å². The Kier molecular flexibility index (Phi) is 8.77. The first-order valence-electron chi connectivity index (χ1n) is 12.3. The molecule has 2 N–H and O–H groups in total. The number of halogens is 1. The average molecular weight is 617 g/mol. The molecule has 0 saturated carbocycles. The minimum atomic E-state index is -0.728. The normalized spacial score (nSPS) is 14.8. The summed E-state index contributed by atoms with van der Waals surface area (Å²) in [7, 11) is 0. The van der Waals surface area contributed by atoms with Gasteiger partial charge >= 0.3 is 5.97 Å². The number of esters is 1. The summed E-state index contributed by atoms with van der Waals surface area (Å²) in [6.07, 6.45) is 0. The van der Waals surface area contributed by atoms with E-state index in [1.165, 1.54) is 34.4 Å². The van der Waals surface area contributed by atoms with Gasteiger partial charge in [-0.2, -0.15) is 10.5 Å². The number of carbonyl (C=O) groups is 1. The van der Waals surface area contributed by atoms with Gasteiger partial charge in [0.1, 0.15) is 28.5 Å². The summed E-state index contributed by atoms with van der Waals surface area (Å²) in [4.78, 5) is 19.8. The number of thiophene rings is 2. The Hall–Kier alpha value is -4.06. The van der Waals surface area contributed by atoms with Gasteiger partial charge in [0, 0.05) is 15.5 Å². The maximum atomic E-state index is 13.3. The number of nitriles is 2. The molecule has 0 unspecified atom stereocenters. The molecule has 0 bridgehead atoms. The number of hydrogen-bond acceptors (Lipinski definition) is 10. The second kappa shape index (κ2) is 12.6. The van der Waals surface area contributed by atoms with Crippen LogP contribution in [0.15, 0.2) is 93.2 Å². The van der Waals surface area contributed by atoms with Crippen molar-refractivity contribution in [2.45, 2.75) is 17.9 Å². The first-order chi connectivity index (χ1) is 19.9. The van der Waals surface area contributed by atoms with Crippen LogP contribution in [0.25, 0.3) is 21.7 Å². The Labute approximate surface area is 254 Å². The third-order valence-electron chi connectivity index (χ3n) is 6.19. The van der Waals surface area contributed by atoms with Gasteiger partial charge in [0.05, 0.1) is 40.0 Å². The number of nitrogens with zero attached hydrogens (tertiary/aromatic N) is 3. The number of ether oxygens (including phenoxy) is 2. The molecule has 204 valence electrons. The van der Waals surface area contributed by atoms with Crippen LogP contribution in [0.2, 0.25) is 5.02 Å². The smallest absolute Gasteiger partial charge is 0.338 e. The lowest BCUT2D eigenvalue weighted by Crippen LogP contribution is -2.26. The van der Waals surface area contributed by atoms with Crippen molar-refractivity contribution in [1.29, 1.82) is 10.5 Å². The Morgan fingerprint density at radius 1 is 1.15 bits per heavy atom. The maximum Gasteiger partial charge on any atom is 0.338 e. The zero-order valence-corrected chi connectivity index (χ0v) is 24.8. The molecule has 1 aromatic carbocycles. The van der Waals surface area contributed by atoms with Crippen LogP contribution in [0.5, 0.6) is 0 Å². The van der Waals surface area contributed by atoms with Gasteiger partial charge in [-0.3, -0.25) is 0 Å². The summed E-state index contributed by atoms with van der Waals surface area (Å²) < 4.78 is 11.3. The largest absolute Gasteiger partial charge is 0.463 e. The lowest BCUT2D eigenvalue weighted by atomic mass is 9.87. The SMILES string of the molecule is CCOC(=O)C1=C(CSc2nc(-c3cccs3)cc(-c3ccc(Cl)cc3)c2C#N)OC(N)=C(C#N)[C@@H]1c1cccs1. The van der Waals surface area contributed by atoms with E-state index in [2.05, 4.69) is 12.1 Å². The van der Waals surface area contributed by atoms with Crippen molar-refractivity contribution in [1.82, 2.24) is 4.98 Å².